The maximum atomic E-state index is 13.2. The molecule has 2 heterocycles. The highest BCUT2D eigenvalue weighted by molar-refractivity contribution is 6.03. The lowest BCUT2D eigenvalue weighted by atomic mass is 10.0. The van der Waals surface area contributed by atoms with Gasteiger partial charge in [0.15, 0.2) is 5.69 Å². The van der Waals surface area contributed by atoms with Crippen LogP contribution in [0.4, 0.5) is 5.69 Å². The van der Waals surface area contributed by atoms with Crippen LogP contribution in [-0.2, 0) is 4.74 Å². The Kier molecular flexibility index (Phi) is 7.52. The van der Waals surface area contributed by atoms with E-state index in [1.54, 1.807) is 50.2 Å². The van der Waals surface area contributed by atoms with Crippen LogP contribution in [0.1, 0.15) is 40.5 Å². The van der Waals surface area contributed by atoms with E-state index in [-0.39, 0.29) is 29.7 Å². The number of methoxy groups -OCH3 is 1. The standard InChI is InChI=1S/C23H32N4O5/c1-14-11-26(4)15(2)13-31-20-10-17(24-22(28)19-9-16(3)32-25-19)7-8-18(20)23(29)27(5)12-21(14)30-6/h7-10,14-15,21H,11-13H2,1-6H3,(H,24,28)/t14-,15+,21+/m1/s1. The van der Waals surface area contributed by atoms with Gasteiger partial charge in [-0.3, -0.25) is 14.5 Å². The van der Waals surface area contributed by atoms with Crippen LogP contribution in [0.25, 0.3) is 0 Å². The molecule has 1 aromatic carbocycles. The summed E-state index contributed by atoms with van der Waals surface area (Å²) >= 11 is 0. The third-order valence-electron chi connectivity index (χ3n) is 5.88. The summed E-state index contributed by atoms with van der Waals surface area (Å²) in [6.45, 7) is 7.58. The number of fused-ring (bicyclic) bond motifs is 1. The van der Waals surface area contributed by atoms with Crippen molar-refractivity contribution in [3.63, 3.8) is 0 Å². The molecular weight excluding hydrogens is 412 g/mol. The molecule has 0 saturated heterocycles. The predicted molar refractivity (Wildman–Crippen MR) is 120 cm³/mol. The van der Waals surface area contributed by atoms with Crippen LogP contribution < -0.4 is 10.1 Å². The van der Waals surface area contributed by atoms with Gasteiger partial charge in [-0.05, 0) is 38.9 Å². The Balaban J connectivity index is 1.89. The van der Waals surface area contributed by atoms with Crippen molar-refractivity contribution in [3.8, 4) is 5.75 Å². The first-order chi connectivity index (χ1) is 15.2. The molecule has 0 aliphatic carbocycles. The van der Waals surface area contributed by atoms with Gasteiger partial charge in [-0.1, -0.05) is 12.1 Å². The number of amides is 2. The minimum absolute atomic E-state index is 0.0909. The maximum absolute atomic E-state index is 13.2. The number of hydrogen-bond donors (Lipinski definition) is 1. The zero-order valence-electron chi connectivity index (χ0n) is 19.5. The van der Waals surface area contributed by atoms with Gasteiger partial charge >= 0.3 is 0 Å². The van der Waals surface area contributed by atoms with Crippen LogP contribution in [-0.4, -0.2) is 79.8 Å². The number of rotatable bonds is 3. The molecule has 32 heavy (non-hydrogen) atoms. The van der Waals surface area contributed by atoms with E-state index in [1.807, 2.05) is 0 Å². The zero-order valence-corrected chi connectivity index (χ0v) is 19.5. The number of hydrogen-bond acceptors (Lipinski definition) is 7. The number of nitrogens with one attached hydrogen (secondary N) is 1. The predicted octanol–water partition coefficient (Wildman–Crippen LogP) is 2.67. The molecule has 1 aliphatic rings. The minimum atomic E-state index is -0.400. The summed E-state index contributed by atoms with van der Waals surface area (Å²) in [6.07, 6.45) is -0.0909. The summed E-state index contributed by atoms with van der Waals surface area (Å²) in [7, 11) is 5.48. The van der Waals surface area contributed by atoms with Crippen molar-refractivity contribution >= 4 is 17.5 Å². The van der Waals surface area contributed by atoms with Gasteiger partial charge in [0.2, 0.25) is 0 Å². The lowest BCUT2D eigenvalue weighted by Crippen LogP contribution is -2.45. The number of nitrogens with zero attached hydrogens (tertiary/aromatic N) is 3. The molecule has 0 spiro atoms. The molecule has 0 bridgehead atoms. The van der Waals surface area contributed by atoms with Crippen molar-refractivity contribution in [2.45, 2.75) is 32.9 Å². The Labute approximate surface area is 188 Å². The van der Waals surface area contributed by atoms with Gasteiger partial charge in [-0.25, -0.2) is 0 Å². The monoisotopic (exact) mass is 444 g/mol. The van der Waals surface area contributed by atoms with Gasteiger partial charge < -0.3 is 24.2 Å². The van der Waals surface area contributed by atoms with Gasteiger partial charge in [-0.15, -0.1) is 0 Å². The molecule has 2 amide bonds. The summed E-state index contributed by atoms with van der Waals surface area (Å²) in [5, 5.41) is 6.51. The molecular formula is C23H32N4O5. The average molecular weight is 445 g/mol. The first-order valence-corrected chi connectivity index (χ1v) is 10.7. The fraction of sp³-hybridized carbons (Fsp3) is 0.522. The third-order valence-corrected chi connectivity index (χ3v) is 5.88. The van der Waals surface area contributed by atoms with Crippen LogP contribution in [0.3, 0.4) is 0 Å². The van der Waals surface area contributed by atoms with Crippen LogP contribution >= 0.6 is 0 Å². The fourth-order valence-electron chi connectivity index (χ4n) is 3.70. The van der Waals surface area contributed by atoms with Gasteiger partial charge in [0.1, 0.15) is 18.1 Å². The lowest BCUT2D eigenvalue weighted by molar-refractivity contribution is 0.0150. The van der Waals surface area contributed by atoms with Crippen molar-refractivity contribution in [1.82, 2.24) is 15.0 Å². The second-order valence-electron chi connectivity index (χ2n) is 8.52. The summed E-state index contributed by atoms with van der Waals surface area (Å²) in [5.41, 5.74) is 1.11. The molecule has 0 unspecified atom stereocenters. The van der Waals surface area contributed by atoms with Crippen molar-refractivity contribution in [3.05, 3.63) is 41.3 Å². The first-order valence-electron chi connectivity index (χ1n) is 10.7. The quantitative estimate of drug-likeness (QED) is 0.777. The molecule has 3 rings (SSSR count). The summed E-state index contributed by atoms with van der Waals surface area (Å²) in [4.78, 5) is 29.5. The molecule has 2 aromatic rings. The molecule has 9 heteroatoms. The summed E-state index contributed by atoms with van der Waals surface area (Å²) in [5.74, 6) is 0.633. The molecule has 1 aliphatic heterocycles. The second-order valence-corrected chi connectivity index (χ2v) is 8.52. The number of aryl methyl sites for hydroxylation is 1. The number of anilines is 1. The largest absolute Gasteiger partial charge is 0.491 e. The smallest absolute Gasteiger partial charge is 0.277 e. The summed E-state index contributed by atoms with van der Waals surface area (Å²) < 4.78 is 16.7. The van der Waals surface area contributed by atoms with E-state index in [0.717, 1.165) is 6.54 Å². The molecule has 0 radical (unpaired) electrons. The fourth-order valence-corrected chi connectivity index (χ4v) is 3.70. The van der Waals surface area contributed by atoms with Crippen molar-refractivity contribution < 1.29 is 23.6 Å². The molecule has 9 nitrogen and oxygen atoms in total. The molecule has 1 N–H and O–H groups in total. The average Bonchev–Trinajstić information content (AvgIpc) is 3.20. The van der Waals surface area contributed by atoms with E-state index in [9.17, 15) is 9.59 Å². The molecule has 0 fully saturated rings. The highest BCUT2D eigenvalue weighted by Crippen LogP contribution is 2.27. The Bertz CT molecular complexity index is 960. The highest BCUT2D eigenvalue weighted by Gasteiger charge is 2.27. The van der Waals surface area contributed by atoms with Crippen LogP contribution in [0.5, 0.6) is 5.75 Å². The molecule has 0 saturated carbocycles. The van der Waals surface area contributed by atoms with E-state index < -0.39 is 5.91 Å². The maximum Gasteiger partial charge on any atom is 0.277 e. The zero-order chi connectivity index (χ0) is 23.4. The van der Waals surface area contributed by atoms with Crippen molar-refractivity contribution in [2.24, 2.45) is 5.92 Å². The topological polar surface area (TPSA) is 97.1 Å². The third kappa shape index (κ3) is 5.46. The van der Waals surface area contributed by atoms with Gasteiger partial charge in [-0.2, -0.15) is 0 Å². The Hall–Kier alpha value is -2.91. The van der Waals surface area contributed by atoms with Crippen LogP contribution in [0.2, 0.25) is 0 Å². The highest BCUT2D eigenvalue weighted by atomic mass is 16.5. The number of aromatic nitrogens is 1. The second kappa shape index (κ2) is 10.1. The number of ether oxygens (including phenoxy) is 2. The van der Waals surface area contributed by atoms with E-state index in [4.69, 9.17) is 14.0 Å². The van der Waals surface area contributed by atoms with Gasteiger partial charge in [0, 0.05) is 51.1 Å². The Morgan fingerprint density at radius 1 is 1.22 bits per heavy atom. The molecule has 3 atom stereocenters. The van der Waals surface area contributed by atoms with E-state index >= 15 is 0 Å². The molecule has 174 valence electrons. The van der Waals surface area contributed by atoms with Crippen molar-refractivity contribution in [2.75, 3.05) is 46.2 Å². The van der Waals surface area contributed by atoms with Gasteiger partial charge in [0.05, 0.1) is 11.7 Å². The number of carbonyl (C=O) groups is 2. The van der Waals surface area contributed by atoms with Crippen LogP contribution in [0, 0.1) is 12.8 Å². The Morgan fingerprint density at radius 2 is 1.97 bits per heavy atom. The molecule has 1 aromatic heterocycles. The minimum Gasteiger partial charge on any atom is -0.491 e. The van der Waals surface area contributed by atoms with Gasteiger partial charge in [0.25, 0.3) is 11.8 Å². The Morgan fingerprint density at radius 3 is 2.62 bits per heavy atom. The van der Waals surface area contributed by atoms with E-state index in [2.05, 4.69) is 36.3 Å². The van der Waals surface area contributed by atoms with E-state index in [0.29, 0.717) is 35.9 Å². The normalized spacial score (nSPS) is 23.0. The first kappa shape index (κ1) is 23.7. The number of likely N-dealkylation sites (N-methyl/N-ethyl adjacent to an activating group) is 2. The van der Waals surface area contributed by atoms with Crippen molar-refractivity contribution in [1.29, 1.82) is 0 Å². The lowest BCUT2D eigenvalue weighted by Gasteiger charge is -2.34. The summed E-state index contributed by atoms with van der Waals surface area (Å²) in [6, 6.07) is 6.69. The number of carbonyl (C=O) groups excluding carboxylic acids is 2. The number of benzene rings is 1. The van der Waals surface area contributed by atoms with E-state index in [1.165, 1.54) is 0 Å². The SMILES string of the molecule is CO[C@H]1CN(C)C(=O)c2ccc(NC(=O)c3cc(C)on3)cc2OC[C@H](C)N(C)C[C@H]1C. The van der Waals surface area contributed by atoms with Crippen LogP contribution in [0.15, 0.2) is 28.8 Å².